The first-order valence-corrected chi connectivity index (χ1v) is 9.77. The van der Waals surface area contributed by atoms with Gasteiger partial charge in [0.15, 0.2) is 11.5 Å². The van der Waals surface area contributed by atoms with Crippen LogP contribution in [0.15, 0.2) is 67.1 Å². The van der Waals surface area contributed by atoms with Crippen molar-refractivity contribution in [3.63, 3.8) is 0 Å². The number of nitrogens with one attached hydrogen (secondary N) is 2. The topological polar surface area (TPSA) is 91.5 Å². The summed E-state index contributed by atoms with van der Waals surface area (Å²) >= 11 is 0. The maximum Gasteiger partial charge on any atom is 0.255 e. The van der Waals surface area contributed by atoms with E-state index in [0.29, 0.717) is 18.0 Å². The lowest BCUT2D eigenvalue weighted by Gasteiger charge is -2.11. The zero-order chi connectivity index (χ0) is 21.1. The molecule has 2 heterocycles. The Kier molecular flexibility index (Phi) is 5.34. The summed E-state index contributed by atoms with van der Waals surface area (Å²) in [7, 11) is 0. The number of nitrogens with zero attached hydrogens (tertiary/aromatic N) is 3. The standard InChI is InChI=1S/C23H23N5O2/c1-15(2)27-23(30)18-9-8-17(12-20(18)29)19-14-26-22-21(24-10-11-28(19)22)25-13-16-6-4-3-5-7-16/h3-12,14-15,29H,13H2,1-2H3,(H,24,25)(H,27,30). The van der Waals surface area contributed by atoms with Crippen molar-refractivity contribution >= 4 is 17.4 Å². The summed E-state index contributed by atoms with van der Waals surface area (Å²) in [4.78, 5) is 21.1. The van der Waals surface area contributed by atoms with E-state index in [0.717, 1.165) is 16.8 Å². The van der Waals surface area contributed by atoms with Crippen LogP contribution >= 0.6 is 0 Å². The van der Waals surface area contributed by atoms with Gasteiger partial charge < -0.3 is 15.7 Å². The number of hydrogen-bond acceptors (Lipinski definition) is 5. The molecule has 0 saturated carbocycles. The number of anilines is 1. The fourth-order valence-electron chi connectivity index (χ4n) is 3.26. The molecule has 4 rings (SSSR count). The van der Waals surface area contributed by atoms with Crippen LogP contribution in [0.25, 0.3) is 16.9 Å². The van der Waals surface area contributed by atoms with Crippen molar-refractivity contribution in [2.45, 2.75) is 26.4 Å². The molecule has 7 heteroatoms. The number of imidazole rings is 1. The van der Waals surface area contributed by atoms with Gasteiger partial charge in [0.2, 0.25) is 0 Å². The molecule has 4 aromatic rings. The van der Waals surface area contributed by atoms with Crippen molar-refractivity contribution in [3.05, 3.63) is 78.2 Å². The molecule has 0 fully saturated rings. The van der Waals surface area contributed by atoms with Crippen LogP contribution in [0.4, 0.5) is 5.82 Å². The van der Waals surface area contributed by atoms with Gasteiger partial charge in [0, 0.05) is 30.5 Å². The number of amides is 1. The van der Waals surface area contributed by atoms with Crippen LogP contribution in [0.1, 0.15) is 29.8 Å². The molecule has 0 radical (unpaired) electrons. The molecular weight excluding hydrogens is 378 g/mol. The zero-order valence-electron chi connectivity index (χ0n) is 16.8. The number of rotatable bonds is 6. The van der Waals surface area contributed by atoms with Gasteiger partial charge in [-0.25, -0.2) is 9.97 Å². The normalized spacial score (nSPS) is 11.0. The van der Waals surface area contributed by atoms with Gasteiger partial charge in [-0.05, 0) is 31.5 Å². The first kappa shape index (κ1) is 19.4. The largest absolute Gasteiger partial charge is 0.507 e. The Balaban J connectivity index is 1.62. The molecule has 30 heavy (non-hydrogen) atoms. The van der Waals surface area contributed by atoms with Crippen LogP contribution in [0.5, 0.6) is 5.75 Å². The van der Waals surface area contributed by atoms with Crippen molar-refractivity contribution < 1.29 is 9.90 Å². The number of carbonyl (C=O) groups excluding carboxylic acids is 1. The van der Waals surface area contributed by atoms with Gasteiger partial charge >= 0.3 is 0 Å². The van der Waals surface area contributed by atoms with Gasteiger partial charge in [-0.1, -0.05) is 36.4 Å². The summed E-state index contributed by atoms with van der Waals surface area (Å²) in [6.07, 6.45) is 5.25. The fourth-order valence-corrected chi connectivity index (χ4v) is 3.26. The van der Waals surface area contributed by atoms with E-state index in [1.807, 2.05) is 54.8 Å². The number of phenols is 1. The summed E-state index contributed by atoms with van der Waals surface area (Å²) in [6, 6.07) is 15.1. The molecule has 0 aliphatic rings. The van der Waals surface area contributed by atoms with Gasteiger partial charge in [-0.3, -0.25) is 9.20 Å². The molecule has 7 nitrogen and oxygen atoms in total. The van der Waals surface area contributed by atoms with E-state index >= 15 is 0 Å². The number of carbonyl (C=O) groups is 1. The Labute approximate surface area is 174 Å². The smallest absolute Gasteiger partial charge is 0.255 e. The minimum Gasteiger partial charge on any atom is -0.507 e. The summed E-state index contributed by atoms with van der Waals surface area (Å²) in [6.45, 7) is 4.38. The predicted molar refractivity (Wildman–Crippen MR) is 116 cm³/mol. The number of phenolic OH excluding ortho intramolecular Hbond substituents is 1. The molecule has 0 atom stereocenters. The maximum absolute atomic E-state index is 12.2. The highest BCUT2D eigenvalue weighted by Gasteiger charge is 2.15. The van der Waals surface area contributed by atoms with Crippen molar-refractivity contribution in [1.29, 1.82) is 0 Å². The number of aromatic hydroxyl groups is 1. The minimum atomic E-state index is -0.302. The molecule has 0 aliphatic heterocycles. The Morgan fingerprint density at radius 3 is 2.67 bits per heavy atom. The molecule has 3 N–H and O–H groups in total. The van der Waals surface area contributed by atoms with Crippen molar-refractivity contribution in [2.75, 3.05) is 5.32 Å². The molecule has 0 bridgehead atoms. The lowest BCUT2D eigenvalue weighted by atomic mass is 10.1. The van der Waals surface area contributed by atoms with E-state index in [4.69, 9.17) is 0 Å². The molecule has 2 aromatic carbocycles. The third-order valence-electron chi connectivity index (χ3n) is 4.69. The molecule has 0 unspecified atom stereocenters. The van der Waals surface area contributed by atoms with Crippen LogP contribution in [0.2, 0.25) is 0 Å². The average Bonchev–Trinajstić information content (AvgIpc) is 3.17. The average molecular weight is 401 g/mol. The lowest BCUT2D eigenvalue weighted by Crippen LogP contribution is -2.30. The first-order chi connectivity index (χ1) is 14.5. The second-order valence-corrected chi connectivity index (χ2v) is 7.31. The predicted octanol–water partition coefficient (Wildman–Crippen LogP) is 3.85. The van der Waals surface area contributed by atoms with E-state index in [1.165, 1.54) is 0 Å². The second-order valence-electron chi connectivity index (χ2n) is 7.31. The van der Waals surface area contributed by atoms with E-state index in [9.17, 15) is 9.90 Å². The van der Waals surface area contributed by atoms with E-state index in [2.05, 4.69) is 20.6 Å². The summed E-state index contributed by atoms with van der Waals surface area (Å²) in [5.41, 5.74) is 3.62. The van der Waals surface area contributed by atoms with Gasteiger partial charge in [-0.2, -0.15) is 0 Å². The molecule has 0 saturated heterocycles. The number of fused-ring (bicyclic) bond motifs is 1. The molecular formula is C23H23N5O2. The van der Waals surface area contributed by atoms with E-state index in [-0.39, 0.29) is 23.3 Å². The summed E-state index contributed by atoms with van der Waals surface area (Å²) in [5, 5.41) is 16.5. The Bertz CT molecular complexity index is 1180. The number of aromatic nitrogens is 3. The third kappa shape index (κ3) is 3.96. The Morgan fingerprint density at radius 1 is 1.13 bits per heavy atom. The summed E-state index contributed by atoms with van der Waals surface area (Å²) < 4.78 is 1.91. The zero-order valence-corrected chi connectivity index (χ0v) is 16.8. The molecule has 1 amide bonds. The lowest BCUT2D eigenvalue weighted by molar-refractivity contribution is 0.0940. The van der Waals surface area contributed by atoms with E-state index < -0.39 is 0 Å². The number of hydrogen-bond donors (Lipinski definition) is 3. The molecule has 152 valence electrons. The quantitative estimate of drug-likeness (QED) is 0.456. The Hall–Kier alpha value is -3.87. The fraction of sp³-hybridized carbons (Fsp3) is 0.174. The van der Waals surface area contributed by atoms with E-state index in [1.54, 1.807) is 30.6 Å². The van der Waals surface area contributed by atoms with Crippen LogP contribution in [-0.4, -0.2) is 31.4 Å². The second kappa shape index (κ2) is 8.24. The highest BCUT2D eigenvalue weighted by Crippen LogP contribution is 2.28. The van der Waals surface area contributed by atoms with Crippen molar-refractivity contribution in [2.24, 2.45) is 0 Å². The van der Waals surface area contributed by atoms with Gasteiger partial charge in [-0.15, -0.1) is 0 Å². The maximum atomic E-state index is 12.2. The first-order valence-electron chi connectivity index (χ1n) is 9.77. The highest BCUT2D eigenvalue weighted by atomic mass is 16.3. The van der Waals surface area contributed by atoms with Crippen LogP contribution in [-0.2, 0) is 6.54 Å². The SMILES string of the molecule is CC(C)NC(=O)c1ccc(-c2cnc3c(NCc4ccccc4)nccn23)cc1O. The van der Waals surface area contributed by atoms with Gasteiger partial charge in [0.1, 0.15) is 5.75 Å². The van der Waals surface area contributed by atoms with Crippen LogP contribution < -0.4 is 10.6 Å². The molecule has 0 aliphatic carbocycles. The van der Waals surface area contributed by atoms with Gasteiger partial charge in [0.05, 0.1) is 17.5 Å². The molecule has 2 aromatic heterocycles. The van der Waals surface area contributed by atoms with Crippen molar-refractivity contribution in [3.8, 4) is 17.0 Å². The Morgan fingerprint density at radius 2 is 1.93 bits per heavy atom. The van der Waals surface area contributed by atoms with Crippen molar-refractivity contribution in [1.82, 2.24) is 19.7 Å². The monoisotopic (exact) mass is 401 g/mol. The number of benzene rings is 2. The van der Waals surface area contributed by atoms with Gasteiger partial charge in [0.25, 0.3) is 5.91 Å². The third-order valence-corrected chi connectivity index (χ3v) is 4.69. The highest BCUT2D eigenvalue weighted by molar-refractivity contribution is 5.97. The van der Waals surface area contributed by atoms with Crippen LogP contribution in [0, 0.1) is 0 Å². The minimum absolute atomic E-state index is 0.00958. The summed E-state index contributed by atoms with van der Waals surface area (Å²) in [5.74, 6) is 0.297. The van der Waals surface area contributed by atoms with Crippen LogP contribution in [0.3, 0.4) is 0 Å². The molecule has 0 spiro atoms.